The zero-order valence-electron chi connectivity index (χ0n) is 12.8. The molecule has 1 aromatic heterocycles. The van der Waals surface area contributed by atoms with Crippen LogP contribution in [0, 0.1) is 21.7 Å². The van der Waals surface area contributed by atoms with Crippen LogP contribution in [-0.4, -0.2) is 20.4 Å². The molecule has 0 spiro atoms. The third kappa shape index (κ3) is 3.44. The van der Waals surface area contributed by atoms with E-state index in [4.69, 9.17) is 0 Å². The molecule has 0 atom stereocenters. The van der Waals surface area contributed by atoms with Gasteiger partial charge in [0.25, 0.3) is 5.69 Å². The van der Waals surface area contributed by atoms with Gasteiger partial charge in [-0.15, -0.1) is 0 Å². The molecule has 25 heavy (non-hydrogen) atoms. The van der Waals surface area contributed by atoms with Gasteiger partial charge in [0.15, 0.2) is 11.6 Å². The number of amides is 1. The van der Waals surface area contributed by atoms with Crippen molar-refractivity contribution in [3.8, 4) is 0 Å². The summed E-state index contributed by atoms with van der Waals surface area (Å²) in [5.41, 5.74) is 0.898. The second kappa shape index (κ2) is 6.63. The lowest BCUT2D eigenvalue weighted by atomic mass is 10.2. The number of non-ortho nitro benzene ring substituents is 1. The number of aromatic nitrogens is 2. The molecule has 7 nitrogen and oxygen atoms in total. The molecule has 1 heterocycles. The van der Waals surface area contributed by atoms with Crippen molar-refractivity contribution in [1.29, 1.82) is 0 Å². The van der Waals surface area contributed by atoms with Gasteiger partial charge in [0.05, 0.1) is 16.8 Å². The van der Waals surface area contributed by atoms with Crippen LogP contribution in [0.1, 0.15) is 5.56 Å². The highest BCUT2D eigenvalue weighted by Crippen LogP contribution is 2.24. The fraction of sp³-hybridized carbons (Fsp3) is 0.125. The molecule has 0 saturated carbocycles. The first-order valence-electron chi connectivity index (χ1n) is 7.24. The third-order valence-corrected chi connectivity index (χ3v) is 3.60. The number of nitro benzene ring substituents is 1. The Morgan fingerprint density at radius 1 is 1.24 bits per heavy atom. The summed E-state index contributed by atoms with van der Waals surface area (Å²) in [7, 11) is 0. The Bertz CT molecular complexity index is 971. The van der Waals surface area contributed by atoms with Gasteiger partial charge in [-0.2, -0.15) is 0 Å². The van der Waals surface area contributed by atoms with Gasteiger partial charge in [-0.05, 0) is 23.8 Å². The van der Waals surface area contributed by atoms with Crippen LogP contribution < -0.4 is 5.32 Å². The number of fused-ring (bicyclic) bond motifs is 1. The molecule has 128 valence electrons. The van der Waals surface area contributed by atoms with Gasteiger partial charge in [-0.25, -0.2) is 13.8 Å². The van der Waals surface area contributed by atoms with E-state index in [1.54, 1.807) is 6.07 Å². The Hall–Kier alpha value is -3.36. The molecule has 0 aliphatic rings. The molecule has 0 aliphatic carbocycles. The van der Waals surface area contributed by atoms with Crippen LogP contribution in [-0.2, 0) is 17.9 Å². The molecule has 0 fully saturated rings. The molecule has 0 unspecified atom stereocenters. The average Bonchev–Trinajstić information content (AvgIpc) is 2.99. The topological polar surface area (TPSA) is 90.1 Å². The summed E-state index contributed by atoms with van der Waals surface area (Å²) < 4.78 is 27.4. The van der Waals surface area contributed by atoms with Gasteiger partial charge in [-0.1, -0.05) is 12.1 Å². The molecular weight excluding hydrogens is 334 g/mol. The number of carbonyl (C=O) groups is 1. The van der Waals surface area contributed by atoms with Gasteiger partial charge in [0.1, 0.15) is 12.1 Å². The first kappa shape index (κ1) is 16.5. The van der Waals surface area contributed by atoms with Crippen LogP contribution in [0.5, 0.6) is 0 Å². The summed E-state index contributed by atoms with van der Waals surface area (Å²) in [5, 5.41) is 13.7. The molecule has 3 aromatic rings. The van der Waals surface area contributed by atoms with Gasteiger partial charge >= 0.3 is 0 Å². The quantitative estimate of drug-likeness (QED) is 0.568. The van der Waals surface area contributed by atoms with Crippen molar-refractivity contribution in [3.05, 3.63) is 70.0 Å². The number of halogens is 2. The monoisotopic (exact) mass is 346 g/mol. The Kier molecular flexibility index (Phi) is 4.38. The number of benzene rings is 2. The number of imidazole rings is 1. The summed E-state index contributed by atoms with van der Waals surface area (Å²) in [6.45, 7) is -0.185. The minimum absolute atomic E-state index is 0.00472. The first-order chi connectivity index (χ1) is 12.0. The number of hydrogen-bond acceptors (Lipinski definition) is 4. The number of rotatable bonds is 5. The van der Waals surface area contributed by atoms with E-state index >= 15 is 0 Å². The first-order valence-corrected chi connectivity index (χ1v) is 7.24. The smallest absolute Gasteiger partial charge is 0.295 e. The van der Waals surface area contributed by atoms with E-state index in [2.05, 4.69) is 10.3 Å². The van der Waals surface area contributed by atoms with E-state index in [1.807, 2.05) is 0 Å². The summed E-state index contributed by atoms with van der Waals surface area (Å²) >= 11 is 0. The van der Waals surface area contributed by atoms with Crippen LogP contribution in [0.2, 0.25) is 0 Å². The van der Waals surface area contributed by atoms with Gasteiger partial charge in [0.2, 0.25) is 5.91 Å². The highest BCUT2D eigenvalue weighted by Gasteiger charge is 2.17. The third-order valence-electron chi connectivity index (χ3n) is 3.60. The fourth-order valence-electron chi connectivity index (χ4n) is 2.44. The van der Waals surface area contributed by atoms with Crippen molar-refractivity contribution in [2.75, 3.05) is 0 Å². The second-order valence-corrected chi connectivity index (χ2v) is 5.30. The zero-order chi connectivity index (χ0) is 18.0. The molecule has 2 aromatic carbocycles. The summed E-state index contributed by atoms with van der Waals surface area (Å²) in [4.78, 5) is 26.7. The minimum Gasteiger partial charge on any atom is -0.350 e. The van der Waals surface area contributed by atoms with Crippen LogP contribution in [0.25, 0.3) is 11.0 Å². The van der Waals surface area contributed by atoms with Crippen molar-refractivity contribution in [3.63, 3.8) is 0 Å². The lowest BCUT2D eigenvalue weighted by molar-refractivity contribution is -0.383. The van der Waals surface area contributed by atoms with Crippen molar-refractivity contribution < 1.29 is 18.5 Å². The number of nitrogens with one attached hydrogen (secondary N) is 1. The van der Waals surface area contributed by atoms with Crippen molar-refractivity contribution in [2.24, 2.45) is 0 Å². The number of carbonyl (C=O) groups excluding carboxylic acids is 1. The van der Waals surface area contributed by atoms with Crippen molar-refractivity contribution in [2.45, 2.75) is 13.1 Å². The average molecular weight is 346 g/mol. The predicted molar refractivity (Wildman–Crippen MR) is 84.6 cm³/mol. The highest BCUT2D eigenvalue weighted by molar-refractivity contribution is 5.86. The standard InChI is InChI=1S/C16H12F2N4O3/c17-11-5-4-10(6-12(11)18)7-19-15(23)8-21-9-20-13-2-1-3-14(16(13)21)22(24)25/h1-6,9H,7-8H2,(H,19,23). The molecule has 3 rings (SSSR count). The van der Waals surface area contributed by atoms with Crippen LogP contribution in [0.3, 0.4) is 0 Å². The molecule has 0 radical (unpaired) electrons. The molecule has 0 bridgehead atoms. The number of nitrogens with zero attached hydrogens (tertiary/aromatic N) is 3. The van der Waals surface area contributed by atoms with E-state index < -0.39 is 22.5 Å². The van der Waals surface area contributed by atoms with E-state index in [0.29, 0.717) is 11.1 Å². The minimum atomic E-state index is -0.997. The predicted octanol–water partition coefficient (Wildman–Crippen LogP) is 2.54. The van der Waals surface area contributed by atoms with Crippen LogP contribution >= 0.6 is 0 Å². The Morgan fingerprint density at radius 3 is 2.76 bits per heavy atom. The Labute approximate surface area is 140 Å². The maximum atomic E-state index is 13.1. The van der Waals surface area contributed by atoms with Gasteiger partial charge in [-0.3, -0.25) is 14.9 Å². The van der Waals surface area contributed by atoms with Crippen molar-refractivity contribution >= 4 is 22.6 Å². The Morgan fingerprint density at radius 2 is 2.04 bits per heavy atom. The molecule has 0 aliphatic heterocycles. The molecule has 9 heteroatoms. The molecule has 0 saturated heterocycles. The van der Waals surface area contributed by atoms with Gasteiger partial charge < -0.3 is 9.88 Å². The van der Waals surface area contributed by atoms with Gasteiger partial charge in [0, 0.05) is 12.6 Å². The SMILES string of the molecule is O=C(Cn1cnc2cccc([N+](=O)[O-])c21)NCc1ccc(F)c(F)c1. The fourth-order valence-corrected chi connectivity index (χ4v) is 2.44. The molecule has 1 N–H and O–H groups in total. The number of hydrogen-bond donors (Lipinski definition) is 1. The highest BCUT2D eigenvalue weighted by atomic mass is 19.2. The second-order valence-electron chi connectivity index (χ2n) is 5.30. The number of nitro groups is 1. The maximum Gasteiger partial charge on any atom is 0.295 e. The van der Waals surface area contributed by atoms with Crippen LogP contribution in [0.15, 0.2) is 42.7 Å². The molecule has 1 amide bonds. The zero-order valence-corrected chi connectivity index (χ0v) is 12.8. The number of para-hydroxylation sites is 1. The summed E-state index contributed by atoms with van der Waals surface area (Å²) in [5.74, 6) is -2.41. The van der Waals surface area contributed by atoms with E-state index in [-0.39, 0.29) is 24.3 Å². The summed E-state index contributed by atoms with van der Waals surface area (Å²) in [6, 6.07) is 7.78. The molecular formula is C16H12F2N4O3. The van der Waals surface area contributed by atoms with Crippen molar-refractivity contribution in [1.82, 2.24) is 14.9 Å². The van der Waals surface area contributed by atoms with E-state index in [1.165, 1.54) is 29.1 Å². The largest absolute Gasteiger partial charge is 0.350 e. The lowest BCUT2D eigenvalue weighted by Gasteiger charge is -2.07. The van der Waals surface area contributed by atoms with Crippen LogP contribution in [0.4, 0.5) is 14.5 Å². The van der Waals surface area contributed by atoms with E-state index in [9.17, 15) is 23.7 Å². The Balaban J connectivity index is 1.74. The van der Waals surface area contributed by atoms with E-state index in [0.717, 1.165) is 12.1 Å². The maximum absolute atomic E-state index is 13.1. The normalized spacial score (nSPS) is 10.8. The lowest BCUT2D eigenvalue weighted by Crippen LogP contribution is -2.27. The summed E-state index contributed by atoms with van der Waals surface area (Å²) in [6.07, 6.45) is 1.34.